The quantitative estimate of drug-likeness (QED) is 0.716. The van der Waals surface area contributed by atoms with E-state index in [0.717, 1.165) is 29.5 Å². The average molecular weight is 462 g/mol. The number of benzene rings is 2. The fraction of sp³-hybridized carbons (Fsp3) is 0.444. The van der Waals surface area contributed by atoms with Crippen LogP contribution in [0.3, 0.4) is 0 Å². The molecule has 2 aromatic rings. The van der Waals surface area contributed by atoms with Gasteiger partial charge in [-0.15, -0.1) is 0 Å². The normalized spacial score (nSPS) is 23.9. The lowest BCUT2D eigenvalue weighted by Crippen LogP contribution is -2.73. The summed E-state index contributed by atoms with van der Waals surface area (Å²) in [5, 5.41) is 10.0. The van der Waals surface area contributed by atoms with E-state index in [9.17, 15) is 19.5 Å². The predicted molar refractivity (Wildman–Crippen MR) is 128 cm³/mol. The smallest absolute Gasteiger partial charge is 0.253 e. The number of aliphatic hydroxyl groups excluding tert-OH is 1. The number of piperazine rings is 1. The van der Waals surface area contributed by atoms with Gasteiger partial charge in [-0.2, -0.15) is 0 Å². The molecule has 0 bridgehead atoms. The number of aliphatic hydroxyl groups is 1. The van der Waals surface area contributed by atoms with Gasteiger partial charge in [0, 0.05) is 38.5 Å². The molecule has 1 aliphatic carbocycles. The Bertz CT molecular complexity index is 1090. The van der Waals surface area contributed by atoms with E-state index in [1.54, 1.807) is 28.8 Å². The zero-order valence-electron chi connectivity index (χ0n) is 19.7. The summed E-state index contributed by atoms with van der Waals surface area (Å²) in [4.78, 5) is 42.6. The maximum absolute atomic E-state index is 12.8. The molecule has 2 aromatic carbocycles. The maximum Gasteiger partial charge on any atom is 0.253 e. The minimum atomic E-state index is -0.250. The highest BCUT2D eigenvalue weighted by atomic mass is 16.3. The molecule has 0 aromatic heterocycles. The number of carbonyl (C=O) groups is 3. The fourth-order valence-electron chi connectivity index (χ4n) is 5.35. The predicted octanol–water partition coefficient (Wildman–Crippen LogP) is 2.35. The van der Waals surface area contributed by atoms with Crippen LogP contribution in [0.25, 0.3) is 11.1 Å². The summed E-state index contributed by atoms with van der Waals surface area (Å²) in [6, 6.07) is 15.4. The lowest BCUT2D eigenvalue weighted by molar-refractivity contribution is -0.167. The highest BCUT2D eigenvalue weighted by molar-refractivity contribution is 5.94. The largest absolute Gasteiger partial charge is 0.394 e. The number of hydrogen-bond donors (Lipinski definition) is 1. The van der Waals surface area contributed by atoms with Crippen molar-refractivity contribution in [3.05, 3.63) is 59.7 Å². The van der Waals surface area contributed by atoms with Crippen LogP contribution in [0.5, 0.6) is 0 Å². The standard InChI is InChI=1S/C27H31N3O4/c1-28(2)27(34)21-11-7-19(8-12-21)18-5-9-20(10-6-18)26-22-14-29(24(32)13-17-3-4-17)15-25(33)30(22)23(26)16-31/h5-12,17,22-23,26,31H,3-4,13-16H2,1-2H3/t22-,23+,26+/m1/s1. The Morgan fingerprint density at radius 1 is 1.00 bits per heavy atom. The first-order chi connectivity index (χ1) is 16.4. The summed E-state index contributed by atoms with van der Waals surface area (Å²) >= 11 is 0. The second kappa shape index (κ2) is 8.87. The molecule has 0 radical (unpaired) electrons. The molecular formula is C27H31N3O4. The van der Waals surface area contributed by atoms with Gasteiger partial charge in [-0.25, -0.2) is 0 Å². The monoisotopic (exact) mass is 461 g/mol. The van der Waals surface area contributed by atoms with E-state index in [-0.39, 0.29) is 48.9 Å². The van der Waals surface area contributed by atoms with Gasteiger partial charge in [0.2, 0.25) is 11.8 Å². The second-order valence-corrected chi connectivity index (χ2v) is 9.96. The Balaban J connectivity index is 1.32. The molecule has 178 valence electrons. The van der Waals surface area contributed by atoms with Gasteiger partial charge < -0.3 is 19.8 Å². The van der Waals surface area contributed by atoms with Crippen molar-refractivity contribution in [1.29, 1.82) is 0 Å². The number of hydrogen-bond acceptors (Lipinski definition) is 4. The second-order valence-electron chi connectivity index (χ2n) is 9.96. The van der Waals surface area contributed by atoms with E-state index in [2.05, 4.69) is 0 Å². The Morgan fingerprint density at radius 3 is 2.18 bits per heavy atom. The summed E-state index contributed by atoms with van der Waals surface area (Å²) in [5.41, 5.74) is 3.76. The van der Waals surface area contributed by atoms with Gasteiger partial charge in [0.1, 0.15) is 0 Å². The van der Waals surface area contributed by atoms with Crippen molar-refractivity contribution in [3.63, 3.8) is 0 Å². The molecule has 7 heteroatoms. The van der Waals surface area contributed by atoms with Crippen LogP contribution in [0, 0.1) is 5.92 Å². The molecule has 7 nitrogen and oxygen atoms in total. The summed E-state index contributed by atoms with van der Waals surface area (Å²) in [5.74, 6) is 0.469. The average Bonchev–Trinajstić information content (AvgIpc) is 3.64. The molecule has 2 heterocycles. The van der Waals surface area contributed by atoms with Crippen molar-refractivity contribution in [2.45, 2.75) is 37.3 Å². The van der Waals surface area contributed by atoms with E-state index < -0.39 is 0 Å². The van der Waals surface area contributed by atoms with Crippen LogP contribution in [0.2, 0.25) is 0 Å². The van der Waals surface area contributed by atoms with Crippen LogP contribution in [0.4, 0.5) is 0 Å². The van der Waals surface area contributed by atoms with Crippen molar-refractivity contribution in [3.8, 4) is 11.1 Å². The molecule has 5 rings (SSSR count). The van der Waals surface area contributed by atoms with Gasteiger partial charge in [0.15, 0.2) is 0 Å². The van der Waals surface area contributed by atoms with Crippen LogP contribution in [-0.2, 0) is 9.59 Å². The van der Waals surface area contributed by atoms with E-state index in [0.29, 0.717) is 24.4 Å². The Morgan fingerprint density at radius 2 is 1.62 bits per heavy atom. The molecule has 3 amide bonds. The number of rotatable bonds is 6. The third kappa shape index (κ3) is 4.09. The van der Waals surface area contributed by atoms with E-state index in [4.69, 9.17) is 0 Å². The first-order valence-electron chi connectivity index (χ1n) is 12.0. The molecule has 2 aliphatic heterocycles. The Hall–Kier alpha value is -3.19. The minimum Gasteiger partial charge on any atom is -0.394 e. The van der Waals surface area contributed by atoms with Crippen LogP contribution in [0.1, 0.15) is 41.1 Å². The summed E-state index contributed by atoms with van der Waals surface area (Å²) in [6.45, 7) is 0.560. The number of carbonyl (C=O) groups excluding carboxylic acids is 3. The Kier molecular flexibility index (Phi) is 5.90. The minimum absolute atomic E-state index is 0.000358. The molecule has 3 aliphatic rings. The highest BCUT2D eigenvalue weighted by Crippen LogP contribution is 2.43. The van der Waals surface area contributed by atoms with Crippen molar-refractivity contribution < 1.29 is 19.5 Å². The van der Waals surface area contributed by atoms with Gasteiger partial charge in [-0.3, -0.25) is 14.4 Å². The van der Waals surface area contributed by atoms with Gasteiger partial charge in [0.25, 0.3) is 5.91 Å². The topological polar surface area (TPSA) is 81.2 Å². The molecule has 3 fully saturated rings. The first kappa shape index (κ1) is 22.6. The maximum atomic E-state index is 12.8. The SMILES string of the molecule is CN(C)C(=O)c1ccc(-c2ccc([C@H]3[C@H]4CN(C(=O)CC5CC5)CC(=O)N4[C@H]3CO)cc2)cc1. The molecular weight excluding hydrogens is 430 g/mol. The third-order valence-corrected chi connectivity index (χ3v) is 7.43. The van der Waals surface area contributed by atoms with Crippen LogP contribution >= 0.6 is 0 Å². The molecule has 0 spiro atoms. The van der Waals surface area contributed by atoms with Gasteiger partial charge in [-0.05, 0) is 47.6 Å². The number of amides is 3. The van der Waals surface area contributed by atoms with Crippen LogP contribution in [0.15, 0.2) is 48.5 Å². The van der Waals surface area contributed by atoms with Gasteiger partial charge in [-0.1, -0.05) is 36.4 Å². The lowest BCUT2D eigenvalue weighted by Gasteiger charge is -2.58. The van der Waals surface area contributed by atoms with Crippen LogP contribution < -0.4 is 0 Å². The summed E-state index contributed by atoms with van der Waals surface area (Å²) in [6.07, 6.45) is 2.76. The fourth-order valence-corrected chi connectivity index (χ4v) is 5.35. The number of nitrogens with zero attached hydrogens (tertiary/aromatic N) is 3. The molecule has 1 N–H and O–H groups in total. The van der Waals surface area contributed by atoms with Crippen molar-refractivity contribution in [1.82, 2.24) is 14.7 Å². The summed E-state index contributed by atoms with van der Waals surface area (Å²) < 4.78 is 0. The van der Waals surface area contributed by atoms with E-state index in [1.807, 2.05) is 48.5 Å². The molecule has 1 saturated carbocycles. The first-order valence-corrected chi connectivity index (χ1v) is 12.0. The van der Waals surface area contributed by atoms with Gasteiger partial charge in [0.05, 0.1) is 25.2 Å². The zero-order valence-corrected chi connectivity index (χ0v) is 19.7. The van der Waals surface area contributed by atoms with Crippen molar-refractivity contribution >= 4 is 17.7 Å². The molecule has 2 saturated heterocycles. The molecule has 3 atom stereocenters. The molecule has 34 heavy (non-hydrogen) atoms. The van der Waals surface area contributed by atoms with Gasteiger partial charge >= 0.3 is 0 Å². The highest BCUT2D eigenvalue weighted by Gasteiger charge is 2.54. The van der Waals surface area contributed by atoms with Crippen molar-refractivity contribution in [2.24, 2.45) is 5.92 Å². The molecule has 0 unspecified atom stereocenters. The third-order valence-electron chi connectivity index (χ3n) is 7.43. The van der Waals surface area contributed by atoms with Crippen molar-refractivity contribution in [2.75, 3.05) is 33.8 Å². The lowest BCUT2D eigenvalue weighted by atomic mass is 9.73. The summed E-state index contributed by atoms with van der Waals surface area (Å²) in [7, 11) is 3.47. The Labute approximate surface area is 200 Å². The number of fused-ring (bicyclic) bond motifs is 1. The van der Waals surface area contributed by atoms with E-state index in [1.165, 1.54) is 0 Å². The zero-order chi connectivity index (χ0) is 24.0. The van der Waals surface area contributed by atoms with E-state index >= 15 is 0 Å². The van der Waals surface area contributed by atoms with Crippen LogP contribution in [-0.4, -0.2) is 83.4 Å².